The zero-order valence-electron chi connectivity index (χ0n) is 17.5. The van der Waals surface area contributed by atoms with Crippen LogP contribution in [0.25, 0.3) is 0 Å². The minimum atomic E-state index is -0.126. The lowest BCUT2D eigenvalue weighted by Gasteiger charge is -2.41. The van der Waals surface area contributed by atoms with Crippen LogP contribution in [0.2, 0.25) is 0 Å². The molecule has 1 heterocycles. The molecule has 7 heteroatoms. The van der Waals surface area contributed by atoms with Gasteiger partial charge in [-0.15, -0.1) is 0 Å². The molecule has 1 aromatic carbocycles. The molecular weight excluding hydrogens is 376 g/mol. The number of rotatable bonds is 5. The van der Waals surface area contributed by atoms with Gasteiger partial charge in [-0.1, -0.05) is 30.3 Å². The summed E-state index contributed by atoms with van der Waals surface area (Å²) < 4.78 is 0. The van der Waals surface area contributed by atoms with Crippen molar-refractivity contribution in [2.75, 3.05) is 13.6 Å². The van der Waals surface area contributed by atoms with Crippen LogP contribution in [0.5, 0.6) is 0 Å². The van der Waals surface area contributed by atoms with Crippen molar-refractivity contribution >= 4 is 11.9 Å². The molecule has 1 fully saturated rings. The molecule has 3 rings (SSSR count). The van der Waals surface area contributed by atoms with E-state index < -0.39 is 0 Å². The Morgan fingerprint density at radius 2 is 1.97 bits per heavy atom. The Morgan fingerprint density at radius 1 is 1.23 bits per heavy atom. The molecule has 7 nitrogen and oxygen atoms in total. The van der Waals surface area contributed by atoms with Crippen LogP contribution in [0.15, 0.2) is 53.7 Å². The lowest BCUT2D eigenvalue weighted by Crippen LogP contribution is -2.49. The Kier molecular flexibility index (Phi) is 7.02. The number of benzene rings is 1. The van der Waals surface area contributed by atoms with E-state index in [1.54, 1.807) is 13.2 Å². The van der Waals surface area contributed by atoms with Gasteiger partial charge in [0, 0.05) is 36.9 Å². The first kappa shape index (κ1) is 21.3. The Morgan fingerprint density at radius 3 is 2.57 bits per heavy atom. The molecule has 0 aliphatic heterocycles. The van der Waals surface area contributed by atoms with Crippen LogP contribution in [-0.4, -0.2) is 36.5 Å². The van der Waals surface area contributed by atoms with E-state index in [-0.39, 0.29) is 17.4 Å². The van der Waals surface area contributed by atoms with E-state index in [0.29, 0.717) is 18.1 Å². The normalized spacial score (nSPS) is 21.4. The fourth-order valence-electron chi connectivity index (χ4n) is 4.03. The topological polar surface area (TPSA) is 102 Å². The van der Waals surface area contributed by atoms with E-state index in [4.69, 9.17) is 5.26 Å². The number of guanidine groups is 1. The molecule has 156 valence electrons. The number of pyridine rings is 1. The van der Waals surface area contributed by atoms with Crippen molar-refractivity contribution in [1.82, 2.24) is 20.9 Å². The van der Waals surface area contributed by atoms with Crippen molar-refractivity contribution in [2.45, 2.75) is 44.1 Å². The summed E-state index contributed by atoms with van der Waals surface area (Å²) in [5, 5.41) is 17.9. The molecule has 3 N–H and O–H groups in total. The molecule has 0 spiro atoms. The average Bonchev–Trinajstić information content (AvgIpc) is 2.79. The SMILES string of the molecule is CN=C(NC#N)NC1CCC(CNC(=O)c2ccc(C)nc2)(c2ccccc2)CC1. The molecule has 0 bridgehead atoms. The van der Waals surface area contributed by atoms with Gasteiger partial charge in [-0.3, -0.25) is 20.1 Å². The molecule has 1 aliphatic carbocycles. The zero-order valence-corrected chi connectivity index (χ0v) is 17.5. The lowest BCUT2D eigenvalue weighted by molar-refractivity contribution is 0.0934. The fourth-order valence-corrected chi connectivity index (χ4v) is 4.03. The largest absolute Gasteiger partial charge is 0.353 e. The van der Waals surface area contributed by atoms with Crippen LogP contribution in [0.4, 0.5) is 0 Å². The van der Waals surface area contributed by atoms with Crippen LogP contribution in [0, 0.1) is 18.4 Å². The predicted octanol–water partition coefficient (Wildman–Crippen LogP) is 2.65. The second-order valence-corrected chi connectivity index (χ2v) is 7.74. The Hall–Kier alpha value is -3.40. The number of hydrogen-bond donors (Lipinski definition) is 3. The number of aromatic nitrogens is 1. The second-order valence-electron chi connectivity index (χ2n) is 7.74. The van der Waals surface area contributed by atoms with Gasteiger partial charge in [0.05, 0.1) is 5.56 Å². The first-order valence-corrected chi connectivity index (χ1v) is 10.2. The van der Waals surface area contributed by atoms with Gasteiger partial charge in [-0.2, -0.15) is 5.26 Å². The highest BCUT2D eigenvalue weighted by molar-refractivity contribution is 5.93. The minimum Gasteiger partial charge on any atom is -0.353 e. The maximum Gasteiger partial charge on any atom is 0.252 e. The summed E-state index contributed by atoms with van der Waals surface area (Å²) in [6.07, 6.45) is 7.21. The molecular formula is C23H28N6O. The molecule has 1 aliphatic rings. The summed E-state index contributed by atoms with van der Waals surface area (Å²) in [5.41, 5.74) is 2.58. The highest BCUT2D eigenvalue weighted by Gasteiger charge is 2.37. The summed E-state index contributed by atoms with van der Waals surface area (Å²) >= 11 is 0. The van der Waals surface area contributed by atoms with E-state index in [9.17, 15) is 4.79 Å². The molecule has 0 unspecified atom stereocenters. The number of hydrogen-bond acceptors (Lipinski definition) is 4. The number of carbonyl (C=O) groups excluding carboxylic acids is 1. The van der Waals surface area contributed by atoms with Gasteiger partial charge in [0.2, 0.25) is 5.96 Å². The maximum atomic E-state index is 12.7. The van der Waals surface area contributed by atoms with Crippen molar-refractivity contribution < 1.29 is 4.79 Å². The smallest absolute Gasteiger partial charge is 0.252 e. The standard InChI is InChI=1S/C23H28N6O/c1-17-8-9-18(14-26-17)21(30)27-15-23(19-6-4-3-5-7-19)12-10-20(11-13-23)29-22(25-2)28-16-24/h3-9,14,20H,10-13,15H2,1-2H3,(H,27,30)(H2,25,28,29). The number of aryl methyl sites for hydroxylation is 1. The Labute approximate surface area is 177 Å². The minimum absolute atomic E-state index is 0.100. The van der Waals surface area contributed by atoms with Gasteiger partial charge in [-0.25, -0.2) is 0 Å². The van der Waals surface area contributed by atoms with Crippen LogP contribution in [0.3, 0.4) is 0 Å². The van der Waals surface area contributed by atoms with Crippen molar-refractivity contribution in [3.8, 4) is 6.19 Å². The first-order chi connectivity index (χ1) is 14.6. The highest BCUT2D eigenvalue weighted by atomic mass is 16.1. The second kappa shape index (κ2) is 9.88. The average molecular weight is 405 g/mol. The number of amides is 1. The molecule has 0 saturated heterocycles. The van der Waals surface area contributed by atoms with E-state index >= 15 is 0 Å². The van der Waals surface area contributed by atoms with Crippen molar-refractivity contribution in [2.24, 2.45) is 4.99 Å². The number of carbonyl (C=O) groups is 1. The number of aliphatic imine (C=N–C) groups is 1. The van der Waals surface area contributed by atoms with E-state index in [2.05, 4.69) is 38.1 Å². The van der Waals surface area contributed by atoms with Gasteiger partial charge >= 0.3 is 0 Å². The summed E-state index contributed by atoms with van der Waals surface area (Å²) in [6, 6.07) is 14.3. The molecule has 0 radical (unpaired) electrons. The number of nitrogens with zero attached hydrogens (tertiary/aromatic N) is 3. The highest BCUT2D eigenvalue weighted by Crippen LogP contribution is 2.39. The van der Waals surface area contributed by atoms with Crippen LogP contribution in [-0.2, 0) is 5.41 Å². The summed E-state index contributed by atoms with van der Waals surface area (Å²) in [6.45, 7) is 2.47. The molecule has 1 aromatic heterocycles. The summed E-state index contributed by atoms with van der Waals surface area (Å²) in [5.74, 6) is 0.395. The van der Waals surface area contributed by atoms with E-state index in [0.717, 1.165) is 31.4 Å². The third-order valence-electron chi connectivity index (χ3n) is 5.83. The van der Waals surface area contributed by atoms with Crippen molar-refractivity contribution in [3.63, 3.8) is 0 Å². The van der Waals surface area contributed by atoms with Crippen molar-refractivity contribution in [1.29, 1.82) is 5.26 Å². The quantitative estimate of drug-likeness (QED) is 0.308. The third-order valence-corrected chi connectivity index (χ3v) is 5.83. The Balaban J connectivity index is 1.70. The van der Waals surface area contributed by atoms with Gasteiger partial charge < -0.3 is 10.6 Å². The van der Waals surface area contributed by atoms with Crippen LogP contribution in [0.1, 0.15) is 47.3 Å². The molecule has 1 saturated carbocycles. The fraction of sp³-hybridized carbons (Fsp3) is 0.391. The zero-order chi connectivity index (χ0) is 21.4. The third kappa shape index (κ3) is 5.15. The number of nitrogens with one attached hydrogen (secondary N) is 3. The summed E-state index contributed by atoms with van der Waals surface area (Å²) in [7, 11) is 1.65. The van der Waals surface area contributed by atoms with Gasteiger partial charge in [-0.05, 0) is 50.3 Å². The first-order valence-electron chi connectivity index (χ1n) is 10.2. The van der Waals surface area contributed by atoms with Crippen LogP contribution < -0.4 is 16.0 Å². The Bertz CT molecular complexity index is 909. The molecule has 2 aromatic rings. The van der Waals surface area contributed by atoms with Gasteiger partial charge in [0.15, 0.2) is 6.19 Å². The van der Waals surface area contributed by atoms with Gasteiger partial charge in [0.1, 0.15) is 0 Å². The molecule has 0 atom stereocenters. The molecule has 30 heavy (non-hydrogen) atoms. The monoisotopic (exact) mass is 404 g/mol. The lowest BCUT2D eigenvalue weighted by atomic mass is 9.68. The van der Waals surface area contributed by atoms with Crippen LogP contribution >= 0.6 is 0 Å². The van der Waals surface area contributed by atoms with E-state index in [1.807, 2.05) is 43.4 Å². The van der Waals surface area contributed by atoms with E-state index in [1.165, 1.54) is 5.56 Å². The molecule has 1 amide bonds. The predicted molar refractivity (Wildman–Crippen MR) is 117 cm³/mol. The summed E-state index contributed by atoms with van der Waals surface area (Å²) in [4.78, 5) is 21.0. The van der Waals surface area contributed by atoms with Gasteiger partial charge in [0.25, 0.3) is 5.91 Å². The maximum absolute atomic E-state index is 12.7. The number of nitriles is 1. The van der Waals surface area contributed by atoms with Crippen molar-refractivity contribution in [3.05, 3.63) is 65.5 Å².